The molecular formula is C42H33N3S. The van der Waals surface area contributed by atoms with E-state index >= 15 is 0 Å². The number of rotatable bonds is 10. The first-order valence-corrected chi connectivity index (χ1v) is 16.1. The summed E-state index contributed by atoms with van der Waals surface area (Å²) >= 11 is 1.81. The Labute approximate surface area is 273 Å². The molecule has 4 aromatic carbocycles. The Morgan fingerprint density at radius 1 is 0.870 bits per heavy atom. The summed E-state index contributed by atoms with van der Waals surface area (Å²) in [7, 11) is 0. The molecule has 2 aromatic heterocycles. The molecule has 0 bridgehead atoms. The van der Waals surface area contributed by atoms with Crippen molar-refractivity contribution in [1.82, 2.24) is 4.57 Å². The molecule has 1 atom stereocenters. The zero-order chi connectivity index (χ0) is 31.5. The number of allylic oxidation sites excluding steroid dienone is 4. The maximum Gasteiger partial charge on any atom is 0.0542 e. The monoisotopic (exact) mass is 611 g/mol. The average Bonchev–Trinajstić information content (AvgIpc) is 3.78. The van der Waals surface area contributed by atoms with Crippen LogP contribution in [0.5, 0.6) is 0 Å². The van der Waals surface area contributed by atoms with Crippen LogP contribution < -0.4 is 11.3 Å². The number of hydrogen-bond acceptors (Lipinski definition) is 3. The van der Waals surface area contributed by atoms with Crippen molar-refractivity contribution in [2.75, 3.05) is 5.43 Å². The molecule has 46 heavy (non-hydrogen) atoms. The van der Waals surface area contributed by atoms with Crippen LogP contribution in [0, 0.1) is 0 Å². The number of para-hydroxylation sites is 1. The van der Waals surface area contributed by atoms with Gasteiger partial charge in [-0.3, -0.25) is 5.84 Å². The number of aromatic nitrogens is 1. The summed E-state index contributed by atoms with van der Waals surface area (Å²) in [4.78, 5) is 1.25. The molecule has 0 amide bonds. The fourth-order valence-electron chi connectivity index (χ4n) is 6.32. The maximum atomic E-state index is 6.08. The molecule has 6 aromatic rings. The Morgan fingerprint density at radius 2 is 1.63 bits per heavy atom. The second kappa shape index (κ2) is 12.8. The minimum atomic E-state index is -0.124. The van der Waals surface area contributed by atoms with E-state index in [4.69, 9.17) is 5.84 Å². The fourth-order valence-corrected chi connectivity index (χ4v) is 7.42. The first kappa shape index (κ1) is 29.1. The van der Waals surface area contributed by atoms with E-state index in [0.717, 1.165) is 50.1 Å². The van der Waals surface area contributed by atoms with Crippen molar-refractivity contribution >= 4 is 74.6 Å². The highest BCUT2D eigenvalue weighted by Gasteiger charge is 2.23. The van der Waals surface area contributed by atoms with Crippen LogP contribution in [0.1, 0.15) is 44.3 Å². The summed E-state index contributed by atoms with van der Waals surface area (Å²) in [5, 5.41) is 2.39. The van der Waals surface area contributed by atoms with E-state index in [9.17, 15) is 0 Å². The molecular weight excluding hydrogens is 579 g/mol. The molecule has 1 aliphatic rings. The van der Waals surface area contributed by atoms with Crippen LogP contribution in [0.3, 0.4) is 0 Å². The molecule has 1 aliphatic carbocycles. The van der Waals surface area contributed by atoms with Crippen molar-refractivity contribution in [2.24, 2.45) is 5.84 Å². The highest BCUT2D eigenvalue weighted by molar-refractivity contribution is 7.20. The molecule has 0 radical (unpaired) electrons. The van der Waals surface area contributed by atoms with Gasteiger partial charge in [-0.25, -0.2) is 0 Å². The summed E-state index contributed by atoms with van der Waals surface area (Å²) in [6.45, 7) is 8.28. The lowest BCUT2D eigenvalue weighted by Crippen LogP contribution is -2.13. The number of nitrogens with two attached hydrogens (primary N) is 1. The number of anilines is 1. The molecule has 7 rings (SSSR count). The molecule has 0 saturated carbocycles. The smallest absolute Gasteiger partial charge is 0.0542 e. The fraction of sp³-hybridized carbons (Fsp3) is 0.0238. The molecule has 0 saturated heterocycles. The first-order valence-electron chi connectivity index (χ1n) is 15.2. The second-order valence-electron chi connectivity index (χ2n) is 11.1. The van der Waals surface area contributed by atoms with Gasteiger partial charge in [-0.15, -0.1) is 17.1 Å². The van der Waals surface area contributed by atoms with Crippen LogP contribution in [-0.2, 0) is 0 Å². The van der Waals surface area contributed by atoms with E-state index in [2.05, 4.69) is 138 Å². The molecule has 3 N–H and O–H groups in total. The van der Waals surface area contributed by atoms with Crippen molar-refractivity contribution < 1.29 is 0 Å². The quantitative estimate of drug-likeness (QED) is 0.0699. The van der Waals surface area contributed by atoms with Crippen LogP contribution in [0.25, 0.3) is 57.6 Å². The van der Waals surface area contributed by atoms with E-state index < -0.39 is 0 Å². The lowest BCUT2D eigenvalue weighted by molar-refractivity contribution is 0.970. The minimum absolute atomic E-state index is 0.124. The van der Waals surface area contributed by atoms with E-state index in [0.29, 0.717) is 0 Å². The lowest BCUT2D eigenvalue weighted by atomic mass is 9.84. The Bertz CT molecular complexity index is 2250. The van der Waals surface area contributed by atoms with Crippen LogP contribution in [0.15, 0.2) is 140 Å². The molecule has 3 nitrogen and oxygen atoms in total. The molecule has 2 heterocycles. The van der Waals surface area contributed by atoms with Gasteiger partial charge in [-0.2, -0.15) is 0 Å². The van der Waals surface area contributed by atoms with Gasteiger partial charge in [0.2, 0.25) is 0 Å². The van der Waals surface area contributed by atoms with Crippen molar-refractivity contribution in [3.05, 3.63) is 178 Å². The first-order chi connectivity index (χ1) is 22.7. The van der Waals surface area contributed by atoms with Crippen LogP contribution >= 0.6 is 11.3 Å². The van der Waals surface area contributed by atoms with Crippen molar-refractivity contribution in [3.8, 4) is 0 Å². The largest absolute Gasteiger partial charge is 0.324 e. The summed E-state index contributed by atoms with van der Waals surface area (Å²) in [6.07, 6.45) is 18.7. The van der Waals surface area contributed by atoms with Gasteiger partial charge in [0.05, 0.1) is 16.9 Å². The summed E-state index contributed by atoms with van der Waals surface area (Å²) in [5.74, 6) is 5.96. The summed E-state index contributed by atoms with van der Waals surface area (Å²) in [5.41, 5.74) is 16.0. The third-order valence-corrected chi connectivity index (χ3v) is 9.55. The zero-order valence-corrected chi connectivity index (χ0v) is 26.2. The number of thiophene rings is 1. The number of fused-ring (bicyclic) bond motifs is 4. The maximum absolute atomic E-state index is 6.08. The number of benzene rings is 4. The molecule has 0 aliphatic heterocycles. The van der Waals surface area contributed by atoms with Gasteiger partial charge in [-0.1, -0.05) is 122 Å². The van der Waals surface area contributed by atoms with Crippen LogP contribution in [0.4, 0.5) is 5.69 Å². The Balaban J connectivity index is 1.55. The van der Waals surface area contributed by atoms with E-state index in [-0.39, 0.29) is 5.92 Å². The van der Waals surface area contributed by atoms with Gasteiger partial charge in [0.15, 0.2) is 0 Å². The van der Waals surface area contributed by atoms with Crippen molar-refractivity contribution in [1.29, 1.82) is 0 Å². The standard InChI is InChI=1S/C42H33N3S/c1-3-5-17-31(42(30-18-10-7-11-19-30)34-20-12-13-22-37(34)44-43)28-45-38(25-24-29-15-8-6-9-16-29)32(4-2)35-27-41-36(26-39(35)45)33-21-14-23-40(33)46-41/h3-13,15-28,42,44H,1-2,43H2/b17-5-,25-24?,31-28+. The van der Waals surface area contributed by atoms with Gasteiger partial charge in [-0.05, 0) is 58.7 Å². The van der Waals surface area contributed by atoms with E-state index in [1.165, 1.54) is 20.5 Å². The predicted octanol–water partition coefficient (Wildman–Crippen LogP) is 11.0. The number of nitrogens with zero attached hydrogens (tertiary/aromatic N) is 1. The Morgan fingerprint density at radius 3 is 2.39 bits per heavy atom. The highest BCUT2D eigenvalue weighted by atomic mass is 32.1. The van der Waals surface area contributed by atoms with E-state index in [1.807, 2.05) is 42.5 Å². The Hall–Kier alpha value is -5.64. The van der Waals surface area contributed by atoms with Crippen LogP contribution in [-0.4, -0.2) is 4.57 Å². The predicted molar refractivity (Wildman–Crippen MR) is 201 cm³/mol. The van der Waals surface area contributed by atoms with Gasteiger partial charge in [0, 0.05) is 43.6 Å². The molecule has 4 heteroatoms. The Kier molecular flexibility index (Phi) is 8.07. The van der Waals surface area contributed by atoms with E-state index in [1.54, 1.807) is 11.3 Å². The number of nitrogens with one attached hydrogen (secondary N) is 1. The number of hydrazine groups is 1. The summed E-state index contributed by atoms with van der Waals surface area (Å²) < 4.78 is 3.57. The summed E-state index contributed by atoms with van der Waals surface area (Å²) in [6, 6.07) is 33.8. The van der Waals surface area contributed by atoms with Gasteiger partial charge in [0.25, 0.3) is 0 Å². The zero-order valence-electron chi connectivity index (χ0n) is 25.4. The van der Waals surface area contributed by atoms with Crippen LogP contribution in [0.2, 0.25) is 0 Å². The van der Waals surface area contributed by atoms with Crippen molar-refractivity contribution in [3.63, 3.8) is 0 Å². The third-order valence-electron chi connectivity index (χ3n) is 8.43. The average molecular weight is 612 g/mol. The number of hydrogen-bond donors (Lipinski definition) is 2. The normalized spacial score (nSPS) is 13.3. The topological polar surface area (TPSA) is 43.0 Å². The molecule has 0 spiro atoms. The lowest BCUT2D eigenvalue weighted by Gasteiger charge is -2.23. The van der Waals surface area contributed by atoms with Crippen molar-refractivity contribution in [2.45, 2.75) is 5.92 Å². The SMILES string of the molecule is C=C/C=C\C(=C/n1c(C=Cc2ccccc2)c(C=C)c2cc3sc4c(c3cc21)C=C=C4)C(c1ccccc1)c1ccccc1NN. The minimum Gasteiger partial charge on any atom is -0.324 e. The van der Waals surface area contributed by atoms with Gasteiger partial charge >= 0.3 is 0 Å². The highest BCUT2D eigenvalue weighted by Crippen LogP contribution is 2.42. The second-order valence-corrected chi connectivity index (χ2v) is 12.2. The van der Waals surface area contributed by atoms with Gasteiger partial charge < -0.3 is 9.99 Å². The van der Waals surface area contributed by atoms with Gasteiger partial charge in [0.1, 0.15) is 0 Å². The molecule has 1 unspecified atom stereocenters. The number of nitrogen functional groups attached to an aromatic ring is 1. The third kappa shape index (κ3) is 5.32. The molecule has 222 valence electrons. The molecule has 0 fully saturated rings.